The Kier molecular flexibility index (Phi) is 6.42. The molecule has 0 unspecified atom stereocenters. The van der Waals surface area contributed by atoms with E-state index in [0.717, 1.165) is 16.0 Å². The second-order valence-corrected chi connectivity index (χ2v) is 7.35. The molecule has 0 spiro atoms. The molecule has 1 heterocycles. The topological polar surface area (TPSA) is 52.8 Å². The van der Waals surface area contributed by atoms with Gasteiger partial charge in [-0.15, -0.1) is 0 Å². The molecule has 5 nitrogen and oxygen atoms in total. The van der Waals surface area contributed by atoms with E-state index in [4.69, 9.17) is 9.47 Å². The molecule has 0 fully saturated rings. The van der Waals surface area contributed by atoms with Crippen LogP contribution in [0.4, 0.5) is 0 Å². The number of carbonyl (C=O) groups is 1. The van der Waals surface area contributed by atoms with Crippen molar-refractivity contribution in [3.8, 4) is 5.75 Å². The second kappa shape index (κ2) is 8.97. The van der Waals surface area contributed by atoms with Crippen molar-refractivity contribution in [3.05, 3.63) is 58.4 Å². The van der Waals surface area contributed by atoms with Crippen LogP contribution in [0.3, 0.4) is 0 Å². The zero-order valence-corrected chi connectivity index (χ0v) is 16.7. The Balaban J connectivity index is 1.83. The molecule has 0 aliphatic heterocycles. The summed E-state index contributed by atoms with van der Waals surface area (Å²) in [6.45, 7) is 5.70. The highest BCUT2D eigenvalue weighted by molar-refractivity contribution is 7.16. The summed E-state index contributed by atoms with van der Waals surface area (Å²) in [6.07, 6.45) is 0.241. The van der Waals surface area contributed by atoms with Crippen molar-refractivity contribution in [3.63, 3.8) is 0 Å². The number of aromatic nitrogens is 1. The Labute approximate surface area is 162 Å². The van der Waals surface area contributed by atoms with E-state index in [1.54, 1.807) is 18.4 Å². The average molecular weight is 385 g/mol. The van der Waals surface area contributed by atoms with E-state index in [2.05, 4.69) is 35.5 Å². The van der Waals surface area contributed by atoms with Gasteiger partial charge in [-0.25, -0.2) is 0 Å². The molecule has 1 amide bonds. The Bertz CT molecular complexity index is 990. The molecule has 6 heteroatoms. The number of hydrogen-bond acceptors (Lipinski definition) is 4. The molecule has 3 rings (SSSR count). The molecule has 2 aromatic carbocycles. The minimum Gasteiger partial charge on any atom is -0.493 e. The molecule has 1 aromatic heterocycles. The van der Waals surface area contributed by atoms with E-state index in [1.165, 1.54) is 11.1 Å². The van der Waals surface area contributed by atoms with Crippen LogP contribution in [0.5, 0.6) is 5.75 Å². The number of rotatable bonds is 7. The maximum atomic E-state index is 12.4. The molecule has 0 atom stereocenters. The van der Waals surface area contributed by atoms with Crippen LogP contribution in [0.1, 0.15) is 17.5 Å². The lowest BCUT2D eigenvalue weighted by Crippen LogP contribution is -2.19. The SMILES string of the molecule is COCCn1c(=NC(=O)CCOc2ccccc2)sc2c(C)cc(C)cc21. The third-order valence-corrected chi connectivity index (χ3v) is 5.41. The zero-order valence-electron chi connectivity index (χ0n) is 15.9. The van der Waals surface area contributed by atoms with Crippen LogP contribution in [-0.2, 0) is 16.1 Å². The number of methoxy groups -OCH3 is 1. The van der Waals surface area contributed by atoms with Gasteiger partial charge in [0.25, 0.3) is 5.91 Å². The molecule has 0 N–H and O–H groups in total. The Morgan fingerprint density at radius 1 is 1.15 bits per heavy atom. The first kappa shape index (κ1) is 19.3. The van der Waals surface area contributed by atoms with Gasteiger partial charge in [-0.05, 0) is 43.2 Å². The molecule has 27 heavy (non-hydrogen) atoms. The van der Waals surface area contributed by atoms with E-state index >= 15 is 0 Å². The summed E-state index contributed by atoms with van der Waals surface area (Å²) >= 11 is 1.55. The number of nitrogens with zero attached hydrogens (tertiary/aromatic N) is 2. The summed E-state index contributed by atoms with van der Waals surface area (Å²) in [6, 6.07) is 13.8. The maximum Gasteiger partial charge on any atom is 0.251 e. The van der Waals surface area contributed by atoms with Crippen molar-refractivity contribution in [2.45, 2.75) is 26.8 Å². The van der Waals surface area contributed by atoms with Gasteiger partial charge in [0.05, 0.1) is 29.9 Å². The standard InChI is InChI=1S/C21H24N2O3S/c1-15-13-16(2)20-18(14-15)23(10-12-25-3)21(27-20)22-19(24)9-11-26-17-7-5-4-6-8-17/h4-8,13-14H,9-12H2,1-3H3. The van der Waals surface area contributed by atoms with Gasteiger partial charge in [-0.1, -0.05) is 35.6 Å². The summed E-state index contributed by atoms with van der Waals surface area (Å²) in [7, 11) is 1.68. The number of thiazole rings is 1. The van der Waals surface area contributed by atoms with Crippen molar-refractivity contribution in [1.29, 1.82) is 0 Å². The predicted octanol–water partition coefficient (Wildman–Crippen LogP) is 3.86. The zero-order chi connectivity index (χ0) is 19.2. The van der Waals surface area contributed by atoms with Crippen molar-refractivity contribution >= 4 is 27.5 Å². The van der Waals surface area contributed by atoms with Crippen LogP contribution in [0.2, 0.25) is 0 Å². The number of hydrogen-bond donors (Lipinski definition) is 0. The van der Waals surface area contributed by atoms with Crippen molar-refractivity contribution in [1.82, 2.24) is 4.57 Å². The van der Waals surface area contributed by atoms with Crippen LogP contribution in [0.25, 0.3) is 10.2 Å². The lowest BCUT2D eigenvalue weighted by atomic mass is 10.1. The highest BCUT2D eigenvalue weighted by Gasteiger charge is 2.11. The molecular weight excluding hydrogens is 360 g/mol. The van der Waals surface area contributed by atoms with E-state index in [9.17, 15) is 4.79 Å². The maximum absolute atomic E-state index is 12.4. The number of para-hydroxylation sites is 1. The van der Waals surface area contributed by atoms with Gasteiger partial charge < -0.3 is 14.0 Å². The molecule has 3 aromatic rings. The van der Waals surface area contributed by atoms with Gasteiger partial charge in [0.1, 0.15) is 5.75 Å². The summed E-state index contributed by atoms with van der Waals surface area (Å²) in [5, 5.41) is 0. The third kappa shape index (κ3) is 4.84. The monoisotopic (exact) mass is 384 g/mol. The van der Waals surface area contributed by atoms with Crippen molar-refractivity contribution in [2.75, 3.05) is 20.3 Å². The van der Waals surface area contributed by atoms with Crippen molar-refractivity contribution < 1.29 is 14.3 Å². The predicted molar refractivity (Wildman–Crippen MR) is 108 cm³/mol. The fourth-order valence-corrected chi connectivity index (χ4v) is 4.06. The molecular formula is C21H24N2O3S. The van der Waals surface area contributed by atoms with Crippen LogP contribution in [0, 0.1) is 13.8 Å². The summed E-state index contributed by atoms with van der Waals surface area (Å²) < 4.78 is 14.1. The Morgan fingerprint density at radius 2 is 1.93 bits per heavy atom. The number of amides is 1. The number of benzene rings is 2. The first-order valence-corrected chi connectivity index (χ1v) is 9.75. The van der Waals surface area contributed by atoms with Crippen LogP contribution in [-0.4, -0.2) is 30.8 Å². The van der Waals surface area contributed by atoms with Gasteiger partial charge >= 0.3 is 0 Å². The minimum atomic E-state index is -0.182. The second-order valence-electron chi connectivity index (χ2n) is 6.38. The number of fused-ring (bicyclic) bond motifs is 1. The van der Waals surface area contributed by atoms with Gasteiger partial charge in [0.15, 0.2) is 4.80 Å². The molecule has 0 aliphatic rings. The molecule has 0 aliphatic carbocycles. The van der Waals surface area contributed by atoms with E-state index < -0.39 is 0 Å². The molecule has 0 saturated carbocycles. The van der Waals surface area contributed by atoms with E-state index in [0.29, 0.717) is 24.6 Å². The number of aryl methyl sites for hydroxylation is 2. The van der Waals surface area contributed by atoms with Gasteiger partial charge in [-0.3, -0.25) is 4.79 Å². The number of ether oxygens (including phenoxy) is 2. The first-order valence-electron chi connectivity index (χ1n) is 8.93. The highest BCUT2D eigenvalue weighted by Crippen LogP contribution is 2.23. The fourth-order valence-electron chi connectivity index (χ4n) is 2.93. The van der Waals surface area contributed by atoms with Crippen LogP contribution >= 0.6 is 11.3 Å². The Morgan fingerprint density at radius 3 is 2.67 bits per heavy atom. The lowest BCUT2D eigenvalue weighted by Gasteiger charge is -2.06. The fraction of sp³-hybridized carbons (Fsp3) is 0.333. The minimum absolute atomic E-state index is 0.182. The van der Waals surface area contributed by atoms with E-state index in [-0.39, 0.29) is 12.3 Å². The van der Waals surface area contributed by atoms with Crippen molar-refractivity contribution in [2.24, 2.45) is 4.99 Å². The molecule has 0 bridgehead atoms. The number of carbonyl (C=O) groups excluding carboxylic acids is 1. The Hall–Kier alpha value is -2.44. The average Bonchev–Trinajstić information content (AvgIpc) is 2.98. The molecule has 0 saturated heterocycles. The van der Waals surface area contributed by atoms with Gasteiger partial charge in [0.2, 0.25) is 0 Å². The largest absolute Gasteiger partial charge is 0.493 e. The lowest BCUT2D eigenvalue weighted by molar-refractivity contribution is -0.118. The van der Waals surface area contributed by atoms with Crippen LogP contribution < -0.4 is 9.54 Å². The van der Waals surface area contributed by atoms with Gasteiger partial charge in [-0.2, -0.15) is 4.99 Å². The normalized spacial score (nSPS) is 11.9. The van der Waals surface area contributed by atoms with Gasteiger partial charge in [0, 0.05) is 13.7 Å². The quantitative estimate of drug-likeness (QED) is 0.621. The summed E-state index contributed by atoms with van der Waals surface area (Å²) in [5.74, 6) is 0.575. The third-order valence-electron chi connectivity index (χ3n) is 4.18. The van der Waals surface area contributed by atoms with E-state index in [1.807, 2.05) is 30.3 Å². The smallest absolute Gasteiger partial charge is 0.251 e. The highest BCUT2D eigenvalue weighted by atomic mass is 32.1. The first-order chi connectivity index (χ1) is 13.1. The molecule has 142 valence electrons. The molecule has 0 radical (unpaired) electrons. The summed E-state index contributed by atoms with van der Waals surface area (Å²) in [5.41, 5.74) is 3.49. The summed E-state index contributed by atoms with van der Waals surface area (Å²) in [4.78, 5) is 17.4. The van der Waals surface area contributed by atoms with Crippen LogP contribution in [0.15, 0.2) is 47.5 Å².